The molecule has 0 aliphatic heterocycles. The molecule has 0 fully saturated rings. The average molecular weight is 225 g/mol. The van der Waals surface area contributed by atoms with Gasteiger partial charge in [-0.1, -0.05) is 11.6 Å². The first-order valence-electron chi connectivity index (χ1n) is 3.93. The predicted octanol–water partition coefficient (Wildman–Crippen LogP) is 1.01. The van der Waals surface area contributed by atoms with Gasteiger partial charge in [0.1, 0.15) is 0 Å². The molecule has 2 aromatic heterocycles. The highest BCUT2D eigenvalue weighted by molar-refractivity contribution is 6.30. The lowest BCUT2D eigenvalue weighted by atomic mass is 10.3. The molecule has 0 aliphatic rings. The Balaban J connectivity index is 2.45. The first-order valence-corrected chi connectivity index (χ1v) is 4.31. The number of carboxylic acid groups (broad SMARTS) is 1. The van der Waals surface area contributed by atoms with Crippen LogP contribution in [0.15, 0.2) is 24.7 Å². The molecule has 15 heavy (non-hydrogen) atoms. The summed E-state index contributed by atoms with van der Waals surface area (Å²) in [6, 6.07) is 1.36. The molecular weight excluding hydrogens is 220 g/mol. The largest absolute Gasteiger partial charge is 0.478 e. The van der Waals surface area contributed by atoms with Crippen molar-refractivity contribution in [2.75, 3.05) is 0 Å². The molecule has 0 radical (unpaired) electrons. The summed E-state index contributed by atoms with van der Waals surface area (Å²) in [6.07, 6.45) is 4.10. The molecule has 7 heteroatoms. The van der Waals surface area contributed by atoms with Crippen LogP contribution in [0.4, 0.5) is 0 Å². The smallest absolute Gasteiger partial charge is 0.337 e. The normalized spacial score (nSPS) is 10.2. The van der Waals surface area contributed by atoms with Crippen LogP contribution in [0, 0.1) is 0 Å². The molecule has 6 nitrogen and oxygen atoms in total. The maximum absolute atomic E-state index is 10.7. The first-order chi connectivity index (χ1) is 7.16. The summed E-state index contributed by atoms with van der Waals surface area (Å²) in [7, 11) is 0. The molecule has 76 valence electrons. The molecule has 0 spiro atoms. The second kappa shape index (κ2) is 3.66. The molecule has 0 saturated heterocycles. The zero-order chi connectivity index (χ0) is 10.8. The maximum Gasteiger partial charge on any atom is 0.337 e. The van der Waals surface area contributed by atoms with Gasteiger partial charge in [-0.05, 0) is 0 Å². The number of rotatable bonds is 2. The van der Waals surface area contributed by atoms with Crippen molar-refractivity contribution in [2.24, 2.45) is 0 Å². The number of nitrogens with zero attached hydrogens (tertiary/aromatic N) is 4. The van der Waals surface area contributed by atoms with E-state index in [1.807, 2.05) is 0 Å². The van der Waals surface area contributed by atoms with E-state index in [9.17, 15) is 4.79 Å². The van der Waals surface area contributed by atoms with E-state index in [1.165, 1.54) is 23.1 Å². The number of hydrogen-bond acceptors (Lipinski definition) is 4. The zero-order valence-corrected chi connectivity index (χ0v) is 8.09. The number of halogens is 1. The van der Waals surface area contributed by atoms with Gasteiger partial charge in [-0.15, -0.1) is 5.10 Å². The lowest BCUT2D eigenvalue weighted by Crippen LogP contribution is -2.04. The van der Waals surface area contributed by atoms with Crippen LogP contribution in [-0.2, 0) is 0 Å². The van der Waals surface area contributed by atoms with E-state index in [0.29, 0.717) is 10.8 Å². The quantitative estimate of drug-likeness (QED) is 0.824. The lowest BCUT2D eigenvalue weighted by molar-refractivity contribution is 0.0696. The fourth-order valence-electron chi connectivity index (χ4n) is 1.01. The fourth-order valence-corrected chi connectivity index (χ4v) is 1.15. The minimum atomic E-state index is -1.07. The lowest BCUT2D eigenvalue weighted by Gasteiger charge is -1.99. The van der Waals surface area contributed by atoms with E-state index in [4.69, 9.17) is 16.7 Å². The van der Waals surface area contributed by atoms with Crippen LogP contribution >= 0.6 is 11.6 Å². The Morgan fingerprint density at radius 3 is 2.87 bits per heavy atom. The van der Waals surface area contributed by atoms with E-state index in [0.717, 1.165) is 6.20 Å². The Bertz CT molecular complexity index is 511. The summed E-state index contributed by atoms with van der Waals surface area (Å²) in [4.78, 5) is 10.7. The van der Waals surface area contributed by atoms with Crippen molar-refractivity contribution in [2.45, 2.75) is 0 Å². The van der Waals surface area contributed by atoms with Gasteiger partial charge in [-0.2, -0.15) is 10.2 Å². The Morgan fingerprint density at radius 1 is 1.47 bits per heavy atom. The third-order valence-electron chi connectivity index (χ3n) is 1.67. The monoisotopic (exact) mass is 224 g/mol. The summed E-state index contributed by atoms with van der Waals surface area (Å²) in [5.41, 5.74) is 0.0478. The first kappa shape index (κ1) is 9.60. The van der Waals surface area contributed by atoms with Crippen molar-refractivity contribution in [3.05, 3.63) is 35.2 Å². The number of hydrogen-bond donors (Lipinski definition) is 1. The van der Waals surface area contributed by atoms with Crippen molar-refractivity contribution in [3.63, 3.8) is 0 Å². The minimum Gasteiger partial charge on any atom is -0.478 e. The summed E-state index contributed by atoms with van der Waals surface area (Å²) in [6.45, 7) is 0. The van der Waals surface area contributed by atoms with E-state index in [-0.39, 0.29) is 5.56 Å². The van der Waals surface area contributed by atoms with Crippen molar-refractivity contribution < 1.29 is 9.90 Å². The Morgan fingerprint density at radius 2 is 2.27 bits per heavy atom. The zero-order valence-electron chi connectivity index (χ0n) is 7.33. The van der Waals surface area contributed by atoms with Crippen LogP contribution in [0.1, 0.15) is 10.4 Å². The second-order valence-corrected chi connectivity index (χ2v) is 3.15. The molecule has 2 aromatic rings. The summed E-state index contributed by atoms with van der Waals surface area (Å²) >= 11 is 5.66. The number of aromatic nitrogens is 4. The van der Waals surface area contributed by atoms with Crippen LogP contribution < -0.4 is 0 Å². The molecule has 0 bridgehead atoms. The Hall–Kier alpha value is -1.95. The number of aromatic carboxylic acids is 1. The van der Waals surface area contributed by atoms with E-state index in [1.54, 1.807) is 0 Å². The van der Waals surface area contributed by atoms with Crippen molar-refractivity contribution >= 4 is 17.6 Å². The van der Waals surface area contributed by atoms with Gasteiger partial charge in [-0.25, -0.2) is 9.48 Å². The van der Waals surface area contributed by atoms with Crippen molar-refractivity contribution in [3.8, 4) is 5.82 Å². The highest BCUT2D eigenvalue weighted by Gasteiger charge is 2.07. The van der Waals surface area contributed by atoms with Gasteiger partial charge in [0.25, 0.3) is 0 Å². The molecule has 0 amide bonds. The average Bonchev–Trinajstić information content (AvgIpc) is 2.65. The minimum absolute atomic E-state index is 0.0478. The Kier molecular flexibility index (Phi) is 2.34. The predicted molar refractivity (Wildman–Crippen MR) is 51.1 cm³/mol. The second-order valence-electron chi connectivity index (χ2n) is 2.71. The van der Waals surface area contributed by atoms with Gasteiger partial charge in [0.15, 0.2) is 5.82 Å². The van der Waals surface area contributed by atoms with Crippen LogP contribution in [0.25, 0.3) is 5.82 Å². The Labute approximate surface area is 89.1 Å². The van der Waals surface area contributed by atoms with Crippen molar-refractivity contribution in [1.82, 2.24) is 20.0 Å². The fraction of sp³-hybridized carbons (Fsp3) is 0. The van der Waals surface area contributed by atoms with E-state index < -0.39 is 5.97 Å². The third-order valence-corrected chi connectivity index (χ3v) is 1.87. The number of carbonyl (C=O) groups is 1. The maximum atomic E-state index is 10.7. The van der Waals surface area contributed by atoms with E-state index >= 15 is 0 Å². The molecule has 0 saturated carbocycles. The van der Waals surface area contributed by atoms with Crippen LogP contribution in [0.3, 0.4) is 0 Å². The topological polar surface area (TPSA) is 80.9 Å². The standard InChI is InChI=1S/C8H5ClN4O2/c9-6-3-11-13(4-6)7-1-5(8(14)15)2-10-12-7/h1-4H,(H,14,15). The third kappa shape index (κ3) is 1.94. The molecule has 0 aliphatic carbocycles. The summed E-state index contributed by atoms with van der Waals surface area (Å²) in [5, 5.41) is 20.3. The van der Waals surface area contributed by atoms with Crippen LogP contribution in [0.2, 0.25) is 5.02 Å². The van der Waals surface area contributed by atoms with Crippen LogP contribution in [-0.4, -0.2) is 31.1 Å². The van der Waals surface area contributed by atoms with E-state index in [2.05, 4.69) is 15.3 Å². The molecule has 0 atom stereocenters. The van der Waals surface area contributed by atoms with Gasteiger partial charge < -0.3 is 5.11 Å². The molecular formula is C8H5ClN4O2. The van der Waals surface area contributed by atoms with Gasteiger partial charge >= 0.3 is 5.97 Å². The summed E-state index contributed by atoms with van der Waals surface area (Å²) < 4.78 is 1.35. The van der Waals surface area contributed by atoms with Gasteiger partial charge in [-0.3, -0.25) is 0 Å². The molecule has 0 unspecified atom stereocenters. The molecule has 0 aromatic carbocycles. The highest BCUT2D eigenvalue weighted by atomic mass is 35.5. The number of carboxylic acids is 1. The van der Waals surface area contributed by atoms with Crippen molar-refractivity contribution in [1.29, 1.82) is 0 Å². The summed E-state index contributed by atoms with van der Waals surface area (Å²) in [5.74, 6) is -0.758. The molecule has 2 heterocycles. The SMILES string of the molecule is O=C(O)c1cnnc(-n2cc(Cl)cn2)c1. The molecule has 2 rings (SSSR count). The van der Waals surface area contributed by atoms with Crippen LogP contribution in [0.5, 0.6) is 0 Å². The highest BCUT2D eigenvalue weighted by Crippen LogP contribution is 2.10. The van der Waals surface area contributed by atoms with Gasteiger partial charge in [0.2, 0.25) is 0 Å². The van der Waals surface area contributed by atoms with Gasteiger partial charge in [0, 0.05) is 6.07 Å². The van der Waals surface area contributed by atoms with Gasteiger partial charge in [0.05, 0.1) is 29.2 Å². The molecule has 1 N–H and O–H groups in total.